The fraction of sp³-hybridized carbons (Fsp3) is 0.0833. The third-order valence-corrected chi connectivity index (χ3v) is 3.97. The smallest absolute Gasteiger partial charge is 0.275 e. The highest BCUT2D eigenvalue weighted by molar-refractivity contribution is 5.97. The molecule has 29 heavy (non-hydrogen) atoms. The van der Waals surface area contributed by atoms with E-state index in [1.54, 1.807) is 30.5 Å². The molecule has 0 fully saturated rings. The van der Waals surface area contributed by atoms with Gasteiger partial charge in [-0.3, -0.25) is 4.79 Å². The van der Waals surface area contributed by atoms with Gasteiger partial charge in [0.2, 0.25) is 0 Å². The van der Waals surface area contributed by atoms with Crippen molar-refractivity contribution in [3.8, 4) is 11.5 Å². The Kier molecular flexibility index (Phi) is 7.18. The topological polar surface area (TPSA) is 59.9 Å². The van der Waals surface area contributed by atoms with Gasteiger partial charge in [-0.25, -0.2) is 5.43 Å². The third kappa shape index (κ3) is 6.07. The summed E-state index contributed by atoms with van der Waals surface area (Å²) in [5.41, 5.74) is 4.80. The van der Waals surface area contributed by atoms with Crippen molar-refractivity contribution in [1.82, 2.24) is 5.43 Å². The van der Waals surface area contributed by atoms with Gasteiger partial charge in [0.1, 0.15) is 24.7 Å². The van der Waals surface area contributed by atoms with Crippen LogP contribution < -0.4 is 14.9 Å². The zero-order valence-corrected chi connectivity index (χ0v) is 16.0. The van der Waals surface area contributed by atoms with Crippen molar-refractivity contribution in [2.45, 2.75) is 6.61 Å². The molecule has 0 radical (unpaired) electrons. The Balaban J connectivity index is 1.62. The summed E-state index contributed by atoms with van der Waals surface area (Å²) in [6.07, 6.45) is 3.24. The van der Waals surface area contributed by atoms with Crippen LogP contribution in [0.4, 0.5) is 0 Å². The van der Waals surface area contributed by atoms with E-state index >= 15 is 0 Å². The molecule has 0 aromatic heterocycles. The van der Waals surface area contributed by atoms with Crippen molar-refractivity contribution in [3.63, 3.8) is 0 Å². The average Bonchev–Trinajstić information content (AvgIpc) is 2.77. The molecule has 0 saturated heterocycles. The number of ether oxygens (including phenoxy) is 2. The second kappa shape index (κ2) is 10.5. The van der Waals surface area contributed by atoms with E-state index in [2.05, 4.69) is 17.1 Å². The number of carbonyl (C=O) groups excluding carboxylic acids is 1. The van der Waals surface area contributed by atoms with Gasteiger partial charge in [-0.05, 0) is 35.4 Å². The Hall–Kier alpha value is -3.86. The molecule has 0 aliphatic heterocycles. The molecule has 0 unspecified atom stereocenters. The lowest BCUT2D eigenvalue weighted by atomic mass is 10.2. The summed E-state index contributed by atoms with van der Waals surface area (Å²) >= 11 is 0. The Bertz CT molecular complexity index is 984. The molecule has 0 aliphatic carbocycles. The first-order valence-corrected chi connectivity index (χ1v) is 9.19. The van der Waals surface area contributed by atoms with E-state index in [9.17, 15) is 4.79 Å². The summed E-state index contributed by atoms with van der Waals surface area (Å²) in [5, 5.41) is 4.04. The van der Waals surface area contributed by atoms with Crippen LogP contribution in [0.25, 0.3) is 0 Å². The van der Waals surface area contributed by atoms with Crippen LogP contribution >= 0.6 is 0 Å². The summed E-state index contributed by atoms with van der Waals surface area (Å²) in [5.74, 6) is 0.868. The van der Waals surface area contributed by atoms with Crippen LogP contribution in [0.2, 0.25) is 0 Å². The van der Waals surface area contributed by atoms with Gasteiger partial charge in [-0.1, -0.05) is 67.3 Å². The molecule has 3 rings (SSSR count). The average molecular weight is 386 g/mol. The fourth-order valence-corrected chi connectivity index (χ4v) is 2.58. The van der Waals surface area contributed by atoms with Crippen molar-refractivity contribution in [2.24, 2.45) is 5.10 Å². The van der Waals surface area contributed by atoms with E-state index in [1.807, 2.05) is 60.7 Å². The number of hydrogen-bond acceptors (Lipinski definition) is 4. The van der Waals surface area contributed by atoms with Crippen LogP contribution in [-0.4, -0.2) is 18.7 Å². The lowest BCUT2D eigenvalue weighted by Gasteiger charge is -2.10. The van der Waals surface area contributed by atoms with Gasteiger partial charge in [0.05, 0.1) is 11.8 Å². The maximum atomic E-state index is 12.5. The van der Waals surface area contributed by atoms with Crippen LogP contribution in [0.15, 0.2) is 96.6 Å². The zero-order valence-electron chi connectivity index (χ0n) is 16.0. The SMILES string of the molecule is C=CCOc1cccc(/C=N/NC(=O)c2ccccc2OCc2ccccc2)c1. The second-order valence-corrected chi connectivity index (χ2v) is 6.14. The van der Waals surface area contributed by atoms with Crippen LogP contribution in [0.1, 0.15) is 21.5 Å². The van der Waals surface area contributed by atoms with Crippen molar-refractivity contribution in [1.29, 1.82) is 0 Å². The first-order valence-electron chi connectivity index (χ1n) is 9.19. The molecule has 0 atom stereocenters. The molecular formula is C24H22N2O3. The lowest BCUT2D eigenvalue weighted by Crippen LogP contribution is -2.18. The Labute approximate surface area is 170 Å². The number of hydrazone groups is 1. The Morgan fingerprint density at radius 2 is 1.76 bits per heavy atom. The van der Waals surface area contributed by atoms with Gasteiger partial charge < -0.3 is 9.47 Å². The van der Waals surface area contributed by atoms with Gasteiger partial charge in [-0.2, -0.15) is 5.10 Å². The predicted molar refractivity (Wildman–Crippen MR) is 114 cm³/mol. The summed E-state index contributed by atoms with van der Waals surface area (Å²) in [7, 11) is 0. The van der Waals surface area contributed by atoms with Crippen LogP contribution in [0.5, 0.6) is 11.5 Å². The van der Waals surface area contributed by atoms with E-state index < -0.39 is 0 Å². The number of nitrogens with zero attached hydrogens (tertiary/aromatic N) is 1. The van der Waals surface area contributed by atoms with E-state index in [4.69, 9.17) is 9.47 Å². The predicted octanol–water partition coefficient (Wildman–Crippen LogP) is 4.59. The van der Waals surface area contributed by atoms with Gasteiger partial charge in [0.25, 0.3) is 5.91 Å². The standard InChI is InChI=1S/C24H22N2O3/c1-2-15-28-21-12-8-11-20(16-21)17-25-26-24(27)22-13-6-7-14-23(22)29-18-19-9-4-3-5-10-19/h2-14,16-17H,1,15,18H2,(H,26,27)/b25-17+. The number of amides is 1. The van der Waals surface area contributed by atoms with Crippen LogP contribution in [0.3, 0.4) is 0 Å². The molecule has 3 aromatic rings. The highest BCUT2D eigenvalue weighted by atomic mass is 16.5. The molecule has 5 nitrogen and oxygen atoms in total. The molecule has 3 aromatic carbocycles. The molecule has 146 valence electrons. The minimum Gasteiger partial charge on any atom is -0.490 e. The van der Waals surface area contributed by atoms with Gasteiger partial charge >= 0.3 is 0 Å². The minimum atomic E-state index is -0.344. The summed E-state index contributed by atoms with van der Waals surface area (Å²) < 4.78 is 11.3. The van der Waals surface area contributed by atoms with Crippen LogP contribution in [-0.2, 0) is 6.61 Å². The van der Waals surface area contributed by atoms with Crippen molar-refractivity contribution >= 4 is 12.1 Å². The molecule has 0 heterocycles. The number of nitrogens with one attached hydrogen (secondary N) is 1. The fourth-order valence-electron chi connectivity index (χ4n) is 2.58. The normalized spacial score (nSPS) is 10.5. The molecule has 1 N–H and O–H groups in total. The Morgan fingerprint density at radius 1 is 0.966 bits per heavy atom. The molecule has 1 amide bonds. The number of para-hydroxylation sites is 1. The van der Waals surface area contributed by atoms with Crippen LogP contribution in [0, 0.1) is 0 Å². The highest BCUT2D eigenvalue weighted by Crippen LogP contribution is 2.19. The van der Waals surface area contributed by atoms with E-state index in [1.165, 1.54) is 0 Å². The van der Waals surface area contributed by atoms with Crippen molar-refractivity contribution < 1.29 is 14.3 Å². The largest absolute Gasteiger partial charge is 0.490 e. The number of carbonyl (C=O) groups is 1. The highest BCUT2D eigenvalue weighted by Gasteiger charge is 2.11. The summed E-state index contributed by atoms with van der Waals surface area (Å²) in [6.45, 7) is 4.43. The first kappa shape index (κ1) is 19.9. The molecule has 0 spiro atoms. The lowest BCUT2D eigenvalue weighted by molar-refractivity contribution is 0.0950. The first-order chi connectivity index (χ1) is 14.3. The second-order valence-electron chi connectivity index (χ2n) is 6.14. The molecule has 0 bridgehead atoms. The summed E-state index contributed by atoms with van der Waals surface area (Å²) in [4.78, 5) is 12.5. The monoisotopic (exact) mass is 386 g/mol. The third-order valence-electron chi connectivity index (χ3n) is 3.97. The van der Waals surface area contributed by atoms with Gasteiger partial charge in [0, 0.05) is 0 Å². The van der Waals surface area contributed by atoms with Gasteiger partial charge in [0.15, 0.2) is 0 Å². The molecule has 5 heteroatoms. The van der Waals surface area contributed by atoms with E-state index in [0.29, 0.717) is 30.3 Å². The molecule has 0 saturated carbocycles. The maximum Gasteiger partial charge on any atom is 0.275 e. The van der Waals surface area contributed by atoms with Crippen molar-refractivity contribution in [2.75, 3.05) is 6.61 Å². The minimum absolute atomic E-state index is 0.344. The number of rotatable bonds is 9. The summed E-state index contributed by atoms with van der Waals surface area (Å²) in [6, 6.07) is 24.3. The van der Waals surface area contributed by atoms with E-state index in [-0.39, 0.29) is 5.91 Å². The van der Waals surface area contributed by atoms with Gasteiger partial charge in [-0.15, -0.1) is 0 Å². The molecular weight excluding hydrogens is 364 g/mol. The number of benzene rings is 3. The molecule has 0 aliphatic rings. The zero-order chi connectivity index (χ0) is 20.3. The Morgan fingerprint density at radius 3 is 2.59 bits per heavy atom. The van der Waals surface area contributed by atoms with E-state index in [0.717, 1.165) is 11.1 Å². The number of hydrogen-bond donors (Lipinski definition) is 1. The quantitative estimate of drug-likeness (QED) is 0.332. The maximum absolute atomic E-state index is 12.5. The van der Waals surface area contributed by atoms with Crippen molar-refractivity contribution in [3.05, 3.63) is 108 Å².